The van der Waals surface area contributed by atoms with Crippen LogP contribution in [0.1, 0.15) is 45.1 Å². The second kappa shape index (κ2) is 6.24. The van der Waals surface area contributed by atoms with Crippen LogP contribution in [0.5, 0.6) is 5.75 Å². The van der Waals surface area contributed by atoms with Crippen LogP contribution in [0.2, 0.25) is 0 Å². The smallest absolute Gasteiger partial charge is 0.330 e. The summed E-state index contributed by atoms with van der Waals surface area (Å²) in [6.07, 6.45) is 3.64. The van der Waals surface area contributed by atoms with Gasteiger partial charge in [0.05, 0.1) is 6.61 Å². The Morgan fingerprint density at radius 1 is 1.08 bits per heavy atom. The van der Waals surface area contributed by atoms with Crippen LogP contribution in [0.15, 0.2) is 36.4 Å². The van der Waals surface area contributed by atoms with Crippen molar-refractivity contribution in [3.8, 4) is 5.75 Å². The molecule has 1 unspecified atom stereocenters. The molecule has 1 aliphatic heterocycles. The monoisotopic (exact) mass is 337 g/mol. The third-order valence-corrected chi connectivity index (χ3v) is 4.96. The summed E-state index contributed by atoms with van der Waals surface area (Å²) < 4.78 is 5.46. The molecule has 4 rings (SSSR count). The van der Waals surface area contributed by atoms with Gasteiger partial charge in [0.2, 0.25) is 0 Å². The summed E-state index contributed by atoms with van der Waals surface area (Å²) in [6, 6.07) is 9.90. The molecule has 1 heterocycles. The molecule has 1 atom stereocenters. The van der Waals surface area contributed by atoms with Crippen LogP contribution >= 0.6 is 0 Å². The number of carbonyl (C=O) groups excluding carboxylic acids is 1. The molecule has 2 aromatic carbocycles. The normalized spacial score (nSPS) is 15.8. The second-order valence-electron chi connectivity index (χ2n) is 6.51. The van der Waals surface area contributed by atoms with E-state index in [2.05, 4.69) is 5.32 Å². The molecule has 0 fully saturated rings. The SMILES string of the molecule is O=C(NC(C(=O)O)c1ccc2c(c1)CCO2)c1cccc2c1CCC2. The number of hydrogen-bond donors (Lipinski definition) is 2. The number of aliphatic carboxylic acids is 1. The Balaban J connectivity index is 1.62. The number of carboxylic acid groups (broad SMARTS) is 1. The number of carboxylic acids is 1. The molecule has 1 aliphatic carbocycles. The molecule has 1 amide bonds. The Hall–Kier alpha value is -2.82. The minimum atomic E-state index is -1.07. The Bertz CT molecular complexity index is 859. The molecule has 2 N–H and O–H groups in total. The number of amides is 1. The standard InChI is InChI=1S/C20H19NO4/c22-19(16-6-2-4-12-3-1-5-15(12)16)21-18(20(23)24)14-7-8-17-13(11-14)9-10-25-17/h2,4,6-8,11,18H,1,3,5,9-10H2,(H,21,22)(H,23,24). The summed E-state index contributed by atoms with van der Waals surface area (Å²) in [5, 5.41) is 12.3. The minimum Gasteiger partial charge on any atom is -0.493 e. The summed E-state index contributed by atoms with van der Waals surface area (Å²) >= 11 is 0. The number of hydrogen-bond acceptors (Lipinski definition) is 3. The molecule has 0 spiro atoms. The average molecular weight is 337 g/mol. The van der Waals surface area contributed by atoms with E-state index in [1.807, 2.05) is 18.2 Å². The van der Waals surface area contributed by atoms with Gasteiger partial charge in [-0.2, -0.15) is 0 Å². The zero-order chi connectivity index (χ0) is 17.4. The fourth-order valence-electron chi connectivity index (χ4n) is 3.71. The molecular weight excluding hydrogens is 318 g/mol. The Morgan fingerprint density at radius 2 is 1.96 bits per heavy atom. The van der Waals surface area contributed by atoms with Crippen LogP contribution in [-0.4, -0.2) is 23.6 Å². The van der Waals surface area contributed by atoms with E-state index in [-0.39, 0.29) is 5.91 Å². The molecule has 128 valence electrons. The van der Waals surface area contributed by atoms with E-state index >= 15 is 0 Å². The first-order valence-corrected chi connectivity index (χ1v) is 8.53. The highest BCUT2D eigenvalue weighted by molar-refractivity contribution is 5.98. The van der Waals surface area contributed by atoms with Crippen molar-refractivity contribution in [3.05, 3.63) is 64.2 Å². The quantitative estimate of drug-likeness (QED) is 0.899. The zero-order valence-electron chi connectivity index (χ0n) is 13.7. The van der Waals surface area contributed by atoms with Gasteiger partial charge in [0.15, 0.2) is 6.04 Å². The van der Waals surface area contributed by atoms with Crippen molar-refractivity contribution in [3.63, 3.8) is 0 Å². The van der Waals surface area contributed by atoms with Crippen molar-refractivity contribution in [2.75, 3.05) is 6.61 Å². The summed E-state index contributed by atoms with van der Waals surface area (Å²) in [6.45, 7) is 0.610. The maximum Gasteiger partial charge on any atom is 0.330 e. The van der Waals surface area contributed by atoms with Gasteiger partial charge in [-0.15, -0.1) is 0 Å². The number of ether oxygens (including phenoxy) is 1. The van der Waals surface area contributed by atoms with Crippen LogP contribution in [0.4, 0.5) is 0 Å². The van der Waals surface area contributed by atoms with Crippen molar-refractivity contribution in [1.82, 2.24) is 5.32 Å². The number of aryl methyl sites for hydroxylation is 1. The summed E-state index contributed by atoms with van der Waals surface area (Å²) in [7, 11) is 0. The fraction of sp³-hybridized carbons (Fsp3) is 0.300. The topological polar surface area (TPSA) is 75.6 Å². The van der Waals surface area contributed by atoms with E-state index in [0.29, 0.717) is 17.7 Å². The maximum absolute atomic E-state index is 12.7. The molecule has 0 radical (unpaired) electrons. The number of fused-ring (bicyclic) bond motifs is 2. The van der Waals surface area contributed by atoms with Crippen molar-refractivity contribution in [2.45, 2.75) is 31.7 Å². The van der Waals surface area contributed by atoms with Gasteiger partial charge in [0.1, 0.15) is 5.75 Å². The van der Waals surface area contributed by atoms with Crippen LogP contribution < -0.4 is 10.1 Å². The second-order valence-corrected chi connectivity index (χ2v) is 6.51. The van der Waals surface area contributed by atoms with Crippen LogP contribution in [0, 0.1) is 0 Å². The van der Waals surface area contributed by atoms with Gasteiger partial charge in [-0.05, 0) is 59.7 Å². The van der Waals surface area contributed by atoms with Gasteiger partial charge in [0.25, 0.3) is 5.91 Å². The van der Waals surface area contributed by atoms with E-state index in [4.69, 9.17) is 4.74 Å². The molecule has 5 heteroatoms. The van der Waals surface area contributed by atoms with Crippen molar-refractivity contribution in [1.29, 1.82) is 0 Å². The van der Waals surface area contributed by atoms with Crippen LogP contribution in [0.3, 0.4) is 0 Å². The molecule has 0 saturated carbocycles. The number of benzene rings is 2. The highest BCUT2D eigenvalue weighted by Gasteiger charge is 2.26. The van der Waals surface area contributed by atoms with Crippen molar-refractivity contribution >= 4 is 11.9 Å². The zero-order valence-corrected chi connectivity index (χ0v) is 13.7. The summed E-state index contributed by atoms with van der Waals surface area (Å²) in [5.41, 5.74) is 4.38. The lowest BCUT2D eigenvalue weighted by Gasteiger charge is -2.17. The lowest BCUT2D eigenvalue weighted by atomic mass is 10.00. The lowest BCUT2D eigenvalue weighted by Crippen LogP contribution is -2.34. The average Bonchev–Trinajstić information content (AvgIpc) is 3.26. The van der Waals surface area contributed by atoms with Crippen molar-refractivity contribution < 1.29 is 19.4 Å². The minimum absolute atomic E-state index is 0.331. The lowest BCUT2D eigenvalue weighted by molar-refractivity contribution is -0.139. The number of rotatable bonds is 4. The molecule has 25 heavy (non-hydrogen) atoms. The first-order valence-electron chi connectivity index (χ1n) is 8.53. The first-order chi connectivity index (χ1) is 12.1. The van der Waals surface area contributed by atoms with Gasteiger partial charge in [-0.3, -0.25) is 4.79 Å². The van der Waals surface area contributed by atoms with E-state index in [9.17, 15) is 14.7 Å². The Morgan fingerprint density at radius 3 is 2.80 bits per heavy atom. The summed E-state index contributed by atoms with van der Waals surface area (Å²) in [4.78, 5) is 24.5. The Kier molecular flexibility index (Phi) is 3.92. The van der Waals surface area contributed by atoms with E-state index < -0.39 is 12.0 Å². The van der Waals surface area contributed by atoms with Gasteiger partial charge < -0.3 is 15.2 Å². The predicted molar refractivity (Wildman–Crippen MR) is 92.0 cm³/mol. The highest BCUT2D eigenvalue weighted by atomic mass is 16.5. The van der Waals surface area contributed by atoms with E-state index in [1.54, 1.807) is 18.2 Å². The highest BCUT2D eigenvalue weighted by Crippen LogP contribution is 2.29. The summed E-state index contributed by atoms with van der Waals surface area (Å²) in [5.74, 6) is -0.609. The third kappa shape index (κ3) is 2.86. The predicted octanol–water partition coefficient (Wildman–Crippen LogP) is 2.67. The van der Waals surface area contributed by atoms with Gasteiger partial charge in [0, 0.05) is 12.0 Å². The molecule has 0 saturated heterocycles. The Labute approximate surface area is 145 Å². The van der Waals surface area contributed by atoms with E-state index in [1.165, 1.54) is 5.56 Å². The van der Waals surface area contributed by atoms with Crippen LogP contribution in [-0.2, 0) is 24.1 Å². The molecule has 0 bridgehead atoms. The van der Waals surface area contributed by atoms with Crippen LogP contribution in [0.25, 0.3) is 0 Å². The van der Waals surface area contributed by atoms with Gasteiger partial charge >= 0.3 is 5.97 Å². The molecule has 2 aliphatic rings. The molecule has 0 aromatic heterocycles. The number of carbonyl (C=O) groups is 2. The van der Waals surface area contributed by atoms with Gasteiger partial charge in [-0.25, -0.2) is 4.79 Å². The molecule has 5 nitrogen and oxygen atoms in total. The largest absolute Gasteiger partial charge is 0.493 e. The maximum atomic E-state index is 12.7. The number of nitrogens with one attached hydrogen (secondary N) is 1. The van der Waals surface area contributed by atoms with Crippen molar-refractivity contribution in [2.24, 2.45) is 0 Å². The fourth-order valence-corrected chi connectivity index (χ4v) is 3.71. The first kappa shape index (κ1) is 15.7. The van der Waals surface area contributed by atoms with Gasteiger partial charge in [-0.1, -0.05) is 18.2 Å². The molecular formula is C20H19NO4. The third-order valence-electron chi connectivity index (χ3n) is 4.96. The molecule has 2 aromatic rings. The van der Waals surface area contributed by atoms with E-state index in [0.717, 1.165) is 42.6 Å².